The van der Waals surface area contributed by atoms with Crippen LogP contribution in [0.4, 0.5) is 0 Å². The Labute approximate surface area is 213 Å². The Balaban J connectivity index is 1.59. The van der Waals surface area contributed by atoms with Crippen molar-refractivity contribution in [1.82, 2.24) is 10.3 Å². The number of ether oxygens (including phenoxy) is 2. The van der Waals surface area contributed by atoms with Gasteiger partial charge in [0.2, 0.25) is 5.91 Å². The minimum Gasteiger partial charge on any atom is -0.508 e. The zero-order valence-corrected chi connectivity index (χ0v) is 21.3. The molecule has 1 amide bonds. The number of phenols is 1. The number of methoxy groups -OCH3 is 2. The van der Waals surface area contributed by atoms with Crippen molar-refractivity contribution in [2.45, 2.75) is 38.1 Å². The maximum atomic E-state index is 13.6. The molecule has 0 saturated heterocycles. The highest BCUT2D eigenvalue weighted by Gasteiger charge is 2.36. The molecule has 0 saturated carbocycles. The van der Waals surface area contributed by atoms with E-state index in [0.29, 0.717) is 5.75 Å². The summed E-state index contributed by atoms with van der Waals surface area (Å²) in [5, 5.41) is 13.5. The molecule has 3 atom stereocenters. The van der Waals surface area contributed by atoms with Gasteiger partial charge in [-0.25, -0.2) is 4.79 Å². The number of aromatic nitrogens is 1. The first-order valence-electron chi connectivity index (χ1n) is 11.8. The zero-order chi connectivity index (χ0) is 25.8. The van der Waals surface area contributed by atoms with Gasteiger partial charge in [0.15, 0.2) is 5.12 Å². The molecule has 2 aromatic carbocycles. The molecule has 3 unspecified atom stereocenters. The number of aryl methyl sites for hydroxylation is 1. The normalized spacial score (nSPS) is 16.2. The van der Waals surface area contributed by atoms with Gasteiger partial charge in [-0.05, 0) is 65.8 Å². The van der Waals surface area contributed by atoms with E-state index in [-0.39, 0.29) is 29.1 Å². The monoisotopic (exact) mass is 510 g/mol. The van der Waals surface area contributed by atoms with Crippen molar-refractivity contribution >= 4 is 39.7 Å². The molecule has 1 aromatic heterocycles. The zero-order valence-electron chi connectivity index (χ0n) is 20.5. The van der Waals surface area contributed by atoms with Gasteiger partial charge in [0.25, 0.3) is 0 Å². The van der Waals surface area contributed by atoms with Crippen LogP contribution in [0.3, 0.4) is 0 Å². The molecular weight excluding hydrogens is 480 g/mol. The number of amides is 1. The summed E-state index contributed by atoms with van der Waals surface area (Å²) in [6.07, 6.45) is 3.53. The number of thioether (sulfide) groups is 1. The average Bonchev–Trinajstić information content (AvgIpc) is 3.46. The van der Waals surface area contributed by atoms with Gasteiger partial charge < -0.3 is 24.9 Å². The Hall–Kier alpha value is -3.46. The van der Waals surface area contributed by atoms with Gasteiger partial charge in [-0.3, -0.25) is 9.59 Å². The van der Waals surface area contributed by atoms with Crippen LogP contribution in [0.5, 0.6) is 11.5 Å². The summed E-state index contributed by atoms with van der Waals surface area (Å²) in [5.41, 5.74) is 3.78. The third-order valence-electron chi connectivity index (χ3n) is 6.74. The Morgan fingerprint density at radius 2 is 2.00 bits per heavy atom. The number of hydrogen-bond acceptors (Lipinski definition) is 7. The van der Waals surface area contributed by atoms with Crippen LogP contribution in [0.25, 0.3) is 10.9 Å². The predicted octanol–water partition coefficient (Wildman–Crippen LogP) is 3.71. The molecule has 4 rings (SSSR count). The van der Waals surface area contributed by atoms with Gasteiger partial charge in [-0.15, -0.1) is 0 Å². The number of carbonyl (C=O) groups excluding carboxylic acids is 3. The maximum absolute atomic E-state index is 13.6. The first kappa shape index (κ1) is 25.6. The van der Waals surface area contributed by atoms with Gasteiger partial charge in [0.1, 0.15) is 17.5 Å². The standard InChI is InChI=1S/C27H30N2O6S/c1-15(30)36-14-23(21-7-4-16-10-19(34-2)6-8-20(16)21)26(32)29-25(27(33)35-3)11-17-13-28-24-9-5-18(31)12-22(17)24/h5-6,8-10,12-13,21,23,25,28,31H,4,7,11,14H2,1-3H3,(H,29,32). The molecule has 36 heavy (non-hydrogen) atoms. The molecule has 0 radical (unpaired) electrons. The molecule has 1 heterocycles. The van der Waals surface area contributed by atoms with E-state index in [1.165, 1.54) is 14.0 Å². The van der Waals surface area contributed by atoms with E-state index >= 15 is 0 Å². The number of aromatic amines is 1. The summed E-state index contributed by atoms with van der Waals surface area (Å²) in [5.74, 6) is -0.257. The second-order valence-electron chi connectivity index (χ2n) is 8.95. The summed E-state index contributed by atoms with van der Waals surface area (Å²) in [7, 11) is 2.90. The van der Waals surface area contributed by atoms with Crippen molar-refractivity contribution in [1.29, 1.82) is 0 Å². The van der Waals surface area contributed by atoms with Crippen molar-refractivity contribution in [2.75, 3.05) is 20.0 Å². The molecule has 8 nitrogen and oxygen atoms in total. The topological polar surface area (TPSA) is 118 Å². The van der Waals surface area contributed by atoms with Crippen molar-refractivity contribution in [3.05, 3.63) is 59.3 Å². The van der Waals surface area contributed by atoms with Crippen LogP contribution in [0.15, 0.2) is 42.6 Å². The lowest BCUT2D eigenvalue weighted by Crippen LogP contribution is -2.47. The third kappa shape index (κ3) is 5.51. The quantitative estimate of drug-likeness (QED) is 0.376. The van der Waals surface area contributed by atoms with E-state index in [2.05, 4.69) is 10.3 Å². The van der Waals surface area contributed by atoms with Crippen molar-refractivity contribution in [3.63, 3.8) is 0 Å². The van der Waals surface area contributed by atoms with E-state index in [0.717, 1.165) is 57.9 Å². The highest BCUT2D eigenvalue weighted by atomic mass is 32.2. The number of H-pyrrole nitrogens is 1. The molecule has 1 aliphatic carbocycles. The maximum Gasteiger partial charge on any atom is 0.328 e. The van der Waals surface area contributed by atoms with E-state index in [1.54, 1.807) is 31.5 Å². The lowest BCUT2D eigenvalue weighted by Gasteiger charge is -2.26. The molecule has 0 spiro atoms. The third-order valence-corrected chi connectivity index (χ3v) is 7.67. The van der Waals surface area contributed by atoms with Crippen LogP contribution in [0.2, 0.25) is 0 Å². The van der Waals surface area contributed by atoms with Crippen LogP contribution in [0, 0.1) is 5.92 Å². The molecule has 0 fully saturated rings. The minimum absolute atomic E-state index is 0.0659. The minimum atomic E-state index is -0.926. The summed E-state index contributed by atoms with van der Waals surface area (Å²) < 4.78 is 10.3. The van der Waals surface area contributed by atoms with Crippen LogP contribution in [-0.2, 0) is 32.0 Å². The Bertz CT molecular complexity index is 1290. The average molecular weight is 511 g/mol. The number of phenolic OH excluding ortho intramolecular Hbond substituents is 1. The van der Waals surface area contributed by atoms with Crippen molar-refractivity contribution < 1.29 is 29.0 Å². The van der Waals surface area contributed by atoms with E-state index in [4.69, 9.17) is 9.47 Å². The second kappa shape index (κ2) is 11.1. The number of esters is 1. The molecular formula is C27H30N2O6S. The van der Waals surface area contributed by atoms with Crippen molar-refractivity contribution in [3.8, 4) is 11.5 Å². The second-order valence-corrected chi connectivity index (χ2v) is 10.1. The number of hydrogen-bond donors (Lipinski definition) is 3. The number of carbonyl (C=O) groups is 3. The van der Waals surface area contributed by atoms with Crippen LogP contribution in [0.1, 0.15) is 36.0 Å². The molecule has 0 bridgehead atoms. The lowest BCUT2D eigenvalue weighted by atomic mass is 9.87. The summed E-state index contributed by atoms with van der Waals surface area (Å²) in [6.45, 7) is 1.48. The largest absolute Gasteiger partial charge is 0.508 e. The molecule has 1 aliphatic rings. The first-order chi connectivity index (χ1) is 17.3. The Kier molecular flexibility index (Phi) is 7.88. The highest BCUT2D eigenvalue weighted by molar-refractivity contribution is 8.13. The smallest absolute Gasteiger partial charge is 0.328 e. The van der Waals surface area contributed by atoms with Gasteiger partial charge >= 0.3 is 5.97 Å². The Morgan fingerprint density at radius 1 is 1.19 bits per heavy atom. The fourth-order valence-electron chi connectivity index (χ4n) is 4.92. The number of nitrogens with one attached hydrogen (secondary N) is 2. The summed E-state index contributed by atoms with van der Waals surface area (Å²) >= 11 is 1.11. The van der Waals surface area contributed by atoms with Gasteiger partial charge in [0, 0.05) is 36.2 Å². The molecule has 3 N–H and O–H groups in total. The fraction of sp³-hybridized carbons (Fsp3) is 0.370. The van der Waals surface area contributed by atoms with Crippen LogP contribution in [-0.4, -0.2) is 53.1 Å². The Morgan fingerprint density at radius 3 is 2.72 bits per heavy atom. The SMILES string of the molecule is COC(=O)C(Cc1c[nH]c2ccc(O)cc12)NC(=O)C(CSC(C)=O)C1CCc2cc(OC)ccc21. The van der Waals surface area contributed by atoms with Gasteiger partial charge in [-0.1, -0.05) is 17.8 Å². The molecule has 9 heteroatoms. The fourth-order valence-corrected chi connectivity index (χ4v) is 5.72. The number of benzene rings is 2. The summed E-state index contributed by atoms with van der Waals surface area (Å²) in [6, 6.07) is 9.88. The van der Waals surface area contributed by atoms with Gasteiger partial charge in [-0.2, -0.15) is 0 Å². The highest BCUT2D eigenvalue weighted by Crippen LogP contribution is 2.41. The van der Waals surface area contributed by atoms with E-state index in [9.17, 15) is 19.5 Å². The van der Waals surface area contributed by atoms with E-state index in [1.807, 2.05) is 18.2 Å². The molecule has 3 aromatic rings. The molecule has 190 valence electrons. The van der Waals surface area contributed by atoms with Crippen LogP contribution < -0.4 is 10.1 Å². The lowest BCUT2D eigenvalue weighted by molar-refractivity contribution is -0.145. The van der Waals surface area contributed by atoms with Crippen molar-refractivity contribution in [2.24, 2.45) is 5.92 Å². The van der Waals surface area contributed by atoms with Crippen LogP contribution >= 0.6 is 11.8 Å². The first-order valence-corrected chi connectivity index (χ1v) is 12.8. The van der Waals surface area contributed by atoms with E-state index < -0.39 is 17.9 Å². The van der Waals surface area contributed by atoms with Gasteiger partial charge in [0.05, 0.1) is 20.1 Å². The number of rotatable bonds is 9. The number of fused-ring (bicyclic) bond motifs is 2. The number of aromatic hydroxyl groups is 1. The molecule has 0 aliphatic heterocycles. The predicted molar refractivity (Wildman–Crippen MR) is 138 cm³/mol. The summed E-state index contributed by atoms with van der Waals surface area (Å²) in [4.78, 5) is 41.2.